The first-order valence-electron chi connectivity index (χ1n) is 7.02. The van der Waals surface area contributed by atoms with E-state index < -0.39 is 0 Å². The lowest BCUT2D eigenvalue weighted by molar-refractivity contribution is 1.05. The van der Waals surface area contributed by atoms with Gasteiger partial charge in [-0.2, -0.15) is 0 Å². The molecule has 3 nitrogen and oxygen atoms in total. The zero-order chi connectivity index (χ0) is 15.1. The first kappa shape index (κ1) is 14.1. The standard InChI is InChI=1S/C17H21N3S/c1-18(2)12-10-14(19(3)4)17-16(11-12)21-15-9-7-6-8-13(15)20(17)5/h6-11H,1-5H3. The van der Waals surface area contributed by atoms with Gasteiger partial charge in [-0.3, -0.25) is 0 Å². The molecule has 3 rings (SSSR count). The highest BCUT2D eigenvalue weighted by Crippen LogP contribution is 2.52. The zero-order valence-electron chi connectivity index (χ0n) is 13.2. The summed E-state index contributed by atoms with van der Waals surface area (Å²) in [4.78, 5) is 9.28. The molecule has 0 spiro atoms. The van der Waals surface area contributed by atoms with E-state index in [0.29, 0.717) is 0 Å². The minimum absolute atomic E-state index is 1.23. The van der Waals surface area contributed by atoms with Crippen LogP contribution < -0.4 is 14.7 Å². The van der Waals surface area contributed by atoms with Crippen molar-refractivity contribution < 1.29 is 0 Å². The van der Waals surface area contributed by atoms with Gasteiger partial charge in [-0.05, 0) is 24.3 Å². The quantitative estimate of drug-likeness (QED) is 0.827. The van der Waals surface area contributed by atoms with Gasteiger partial charge in [0.2, 0.25) is 0 Å². The van der Waals surface area contributed by atoms with Crippen LogP contribution in [0, 0.1) is 0 Å². The summed E-state index contributed by atoms with van der Waals surface area (Å²) in [5.41, 5.74) is 5.04. The molecule has 110 valence electrons. The Morgan fingerprint density at radius 3 is 2.29 bits per heavy atom. The van der Waals surface area contributed by atoms with E-state index in [4.69, 9.17) is 0 Å². The molecular formula is C17H21N3S. The van der Waals surface area contributed by atoms with Crippen LogP contribution in [0.1, 0.15) is 0 Å². The summed E-state index contributed by atoms with van der Waals surface area (Å²) in [5.74, 6) is 0. The maximum atomic E-state index is 2.30. The molecule has 0 aromatic heterocycles. The fourth-order valence-corrected chi connectivity index (χ4v) is 3.86. The Hall–Kier alpha value is -1.81. The Balaban J connectivity index is 2.22. The number of hydrogen-bond acceptors (Lipinski definition) is 4. The molecule has 0 unspecified atom stereocenters. The molecule has 1 aliphatic heterocycles. The van der Waals surface area contributed by atoms with Gasteiger partial charge < -0.3 is 14.7 Å². The Morgan fingerprint density at radius 1 is 0.905 bits per heavy atom. The van der Waals surface area contributed by atoms with Crippen LogP contribution in [0.2, 0.25) is 0 Å². The summed E-state index contributed by atoms with van der Waals surface area (Å²) in [6.45, 7) is 0. The lowest BCUT2D eigenvalue weighted by Crippen LogP contribution is -2.21. The van der Waals surface area contributed by atoms with Gasteiger partial charge in [-0.25, -0.2) is 0 Å². The second-order valence-corrected chi connectivity index (χ2v) is 6.81. The van der Waals surface area contributed by atoms with E-state index in [9.17, 15) is 0 Å². The van der Waals surface area contributed by atoms with Gasteiger partial charge in [-0.15, -0.1) is 0 Å². The van der Waals surface area contributed by atoms with Crippen molar-refractivity contribution in [3.63, 3.8) is 0 Å². The molecule has 1 aliphatic rings. The fraction of sp³-hybridized carbons (Fsp3) is 0.294. The summed E-state index contributed by atoms with van der Waals surface area (Å²) < 4.78 is 0. The zero-order valence-corrected chi connectivity index (χ0v) is 14.0. The highest BCUT2D eigenvalue weighted by atomic mass is 32.2. The van der Waals surface area contributed by atoms with Gasteiger partial charge in [0.1, 0.15) is 0 Å². The maximum absolute atomic E-state index is 2.30. The first-order chi connectivity index (χ1) is 9.99. The summed E-state index contributed by atoms with van der Waals surface area (Å²) in [7, 11) is 10.5. The third-order valence-electron chi connectivity index (χ3n) is 3.82. The Morgan fingerprint density at radius 2 is 1.62 bits per heavy atom. The van der Waals surface area contributed by atoms with Crippen molar-refractivity contribution in [3.8, 4) is 0 Å². The highest BCUT2D eigenvalue weighted by molar-refractivity contribution is 7.99. The summed E-state index contributed by atoms with van der Waals surface area (Å²) in [5, 5.41) is 0. The van der Waals surface area contributed by atoms with Crippen LogP contribution in [0.3, 0.4) is 0 Å². The fourth-order valence-electron chi connectivity index (χ4n) is 2.65. The van der Waals surface area contributed by atoms with Crippen molar-refractivity contribution in [3.05, 3.63) is 36.4 Å². The van der Waals surface area contributed by atoms with E-state index in [-0.39, 0.29) is 0 Å². The molecule has 2 aromatic carbocycles. The minimum atomic E-state index is 1.23. The van der Waals surface area contributed by atoms with Crippen LogP contribution in [0.15, 0.2) is 46.2 Å². The van der Waals surface area contributed by atoms with Gasteiger partial charge in [0.05, 0.1) is 17.1 Å². The topological polar surface area (TPSA) is 9.72 Å². The molecule has 0 amide bonds. The Kier molecular flexibility index (Phi) is 3.49. The lowest BCUT2D eigenvalue weighted by atomic mass is 10.1. The number of hydrogen-bond donors (Lipinski definition) is 0. The summed E-state index contributed by atoms with van der Waals surface area (Å²) >= 11 is 1.85. The van der Waals surface area contributed by atoms with Crippen molar-refractivity contribution in [2.45, 2.75) is 9.79 Å². The average Bonchev–Trinajstić information content (AvgIpc) is 2.46. The van der Waals surface area contributed by atoms with E-state index in [1.54, 1.807) is 0 Å². The molecule has 0 saturated carbocycles. The molecule has 0 fully saturated rings. The van der Waals surface area contributed by atoms with Crippen LogP contribution in [-0.2, 0) is 0 Å². The predicted molar refractivity (Wildman–Crippen MR) is 93.7 cm³/mol. The third kappa shape index (κ3) is 2.33. The van der Waals surface area contributed by atoms with E-state index in [0.717, 1.165) is 0 Å². The summed E-state index contributed by atoms with van der Waals surface area (Å²) in [6, 6.07) is 13.1. The second kappa shape index (κ2) is 5.19. The molecule has 0 N–H and O–H groups in total. The van der Waals surface area contributed by atoms with Gasteiger partial charge in [0, 0.05) is 50.7 Å². The van der Waals surface area contributed by atoms with E-state index in [1.165, 1.54) is 32.5 Å². The SMILES string of the molecule is CN(C)c1cc2c(c(N(C)C)c1)N(C)c1ccccc1S2. The number of fused-ring (bicyclic) bond motifs is 2. The second-order valence-electron chi connectivity index (χ2n) is 5.73. The number of anilines is 4. The smallest absolute Gasteiger partial charge is 0.0789 e. The third-order valence-corrected chi connectivity index (χ3v) is 4.92. The van der Waals surface area contributed by atoms with Crippen LogP contribution >= 0.6 is 11.8 Å². The van der Waals surface area contributed by atoms with Crippen molar-refractivity contribution in [2.75, 3.05) is 49.9 Å². The van der Waals surface area contributed by atoms with Gasteiger partial charge >= 0.3 is 0 Å². The predicted octanol–water partition coefficient (Wildman–Crippen LogP) is 4.05. The van der Waals surface area contributed by atoms with E-state index in [1.807, 2.05) is 11.8 Å². The van der Waals surface area contributed by atoms with E-state index in [2.05, 4.69) is 86.3 Å². The van der Waals surface area contributed by atoms with Crippen molar-refractivity contribution in [2.24, 2.45) is 0 Å². The molecule has 0 saturated heterocycles. The highest BCUT2D eigenvalue weighted by Gasteiger charge is 2.25. The van der Waals surface area contributed by atoms with E-state index >= 15 is 0 Å². The molecule has 0 radical (unpaired) electrons. The number of rotatable bonds is 2. The molecule has 4 heteroatoms. The molecule has 2 aromatic rings. The van der Waals surface area contributed by atoms with Crippen LogP contribution in [0.5, 0.6) is 0 Å². The van der Waals surface area contributed by atoms with Crippen molar-refractivity contribution >= 4 is 34.5 Å². The molecule has 1 heterocycles. The van der Waals surface area contributed by atoms with Crippen molar-refractivity contribution in [1.29, 1.82) is 0 Å². The molecular weight excluding hydrogens is 278 g/mol. The first-order valence-corrected chi connectivity index (χ1v) is 7.84. The monoisotopic (exact) mass is 299 g/mol. The van der Waals surface area contributed by atoms with Gasteiger partial charge in [0.25, 0.3) is 0 Å². The normalized spacial score (nSPS) is 12.7. The number of benzene rings is 2. The average molecular weight is 299 g/mol. The Bertz CT molecular complexity index is 680. The molecule has 21 heavy (non-hydrogen) atoms. The minimum Gasteiger partial charge on any atom is -0.378 e. The van der Waals surface area contributed by atoms with Crippen molar-refractivity contribution in [1.82, 2.24) is 0 Å². The van der Waals surface area contributed by atoms with Crippen LogP contribution in [0.25, 0.3) is 0 Å². The van der Waals surface area contributed by atoms with Crippen LogP contribution in [0.4, 0.5) is 22.7 Å². The number of para-hydroxylation sites is 1. The largest absolute Gasteiger partial charge is 0.378 e. The lowest BCUT2D eigenvalue weighted by Gasteiger charge is -2.34. The summed E-state index contributed by atoms with van der Waals surface area (Å²) in [6.07, 6.45) is 0. The molecule has 0 bridgehead atoms. The molecule has 0 atom stereocenters. The van der Waals surface area contributed by atoms with Gasteiger partial charge in [-0.1, -0.05) is 23.9 Å². The maximum Gasteiger partial charge on any atom is 0.0789 e. The Labute approximate surface area is 131 Å². The van der Waals surface area contributed by atoms with Crippen LogP contribution in [-0.4, -0.2) is 35.2 Å². The number of nitrogens with zero attached hydrogens (tertiary/aromatic N) is 3. The van der Waals surface area contributed by atoms with Gasteiger partial charge in [0.15, 0.2) is 0 Å². The molecule has 0 aliphatic carbocycles.